The van der Waals surface area contributed by atoms with Crippen molar-refractivity contribution in [1.82, 2.24) is 0 Å². The molecule has 0 aliphatic heterocycles. The van der Waals surface area contributed by atoms with Crippen LogP contribution in [-0.2, 0) is 0 Å². The fraction of sp³-hybridized carbons (Fsp3) is 0.400. The molecule has 0 bridgehead atoms. The maximum absolute atomic E-state index is 6.05. The SMILES string of the molecule is CC(C)(C)Oc1ccc([SH](c2ccc(OC(C)(C)C)cc2)c2ccc(OC(C)(C)C)cc2)cc1. The first-order chi connectivity index (χ1) is 15.7. The van der Waals surface area contributed by atoms with Gasteiger partial charge >= 0.3 is 0 Å². The smallest absolute Gasteiger partial charge is 0.120 e. The van der Waals surface area contributed by atoms with Gasteiger partial charge in [-0.2, -0.15) is 10.9 Å². The maximum atomic E-state index is 6.05. The molecule has 0 spiro atoms. The predicted octanol–water partition coefficient (Wildman–Crippen LogP) is 8.70. The van der Waals surface area contributed by atoms with Crippen LogP contribution in [-0.4, -0.2) is 16.8 Å². The van der Waals surface area contributed by atoms with Gasteiger partial charge in [0.15, 0.2) is 0 Å². The third kappa shape index (κ3) is 8.02. The van der Waals surface area contributed by atoms with Gasteiger partial charge in [0.25, 0.3) is 0 Å². The van der Waals surface area contributed by atoms with Gasteiger partial charge in [0.05, 0.1) is 0 Å². The van der Waals surface area contributed by atoms with Crippen molar-refractivity contribution in [3.8, 4) is 17.2 Å². The summed E-state index contributed by atoms with van der Waals surface area (Å²) in [4.78, 5) is 3.81. The second-order valence-electron chi connectivity index (χ2n) is 11.5. The van der Waals surface area contributed by atoms with Gasteiger partial charge in [-0.15, -0.1) is 0 Å². The Kier molecular flexibility index (Phi) is 7.62. The number of hydrogen-bond acceptors (Lipinski definition) is 3. The number of hydrogen-bond donors (Lipinski definition) is 1. The van der Waals surface area contributed by atoms with E-state index in [1.165, 1.54) is 14.7 Å². The van der Waals surface area contributed by atoms with Crippen molar-refractivity contribution in [2.75, 3.05) is 0 Å². The molecule has 0 unspecified atom stereocenters. The maximum Gasteiger partial charge on any atom is 0.120 e. The minimum atomic E-state index is -0.749. The molecule has 0 heterocycles. The Bertz CT molecular complexity index is 908. The van der Waals surface area contributed by atoms with E-state index in [-0.39, 0.29) is 16.8 Å². The number of thiol groups is 1. The normalized spacial score (nSPS) is 12.8. The predicted molar refractivity (Wildman–Crippen MR) is 144 cm³/mol. The summed E-state index contributed by atoms with van der Waals surface area (Å²) in [5, 5.41) is 0. The van der Waals surface area contributed by atoms with Crippen molar-refractivity contribution in [3.05, 3.63) is 72.8 Å². The fourth-order valence-corrected chi connectivity index (χ4v) is 5.73. The van der Waals surface area contributed by atoms with Crippen molar-refractivity contribution >= 4 is 10.9 Å². The summed E-state index contributed by atoms with van der Waals surface area (Å²) in [5.74, 6) is 2.65. The molecule has 0 aliphatic rings. The van der Waals surface area contributed by atoms with Crippen molar-refractivity contribution in [2.24, 2.45) is 0 Å². The Balaban J connectivity index is 1.97. The quantitative estimate of drug-likeness (QED) is 0.358. The zero-order valence-electron chi connectivity index (χ0n) is 22.1. The lowest BCUT2D eigenvalue weighted by Gasteiger charge is -2.27. The number of rotatable bonds is 6. The van der Waals surface area contributed by atoms with E-state index in [0.29, 0.717) is 0 Å². The van der Waals surface area contributed by atoms with E-state index in [1.54, 1.807) is 0 Å². The number of benzene rings is 3. The van der Waals surface area contributed by atoms with Crippen LogP contribution in [0.1, 0.15) is 62.3 Å². The molecule has 0 atom stereocenters. The molecule has 34 heavy (non-hydrogen) atoms. The standard InChI is InChI=1S/C30H40O3S/c1-28(2,3)31-22-10-16-25(17-11-22)34(26-18-12-23(13-19-26)32-29(4,5)6)27-20-14-24(15-21-27)33-30(7,8)9/h10-21,34H,1-9H3. The highest BCUT2D eigenvalue weighted by atomic mass is 32.2. The minimum Gasteiger partial charge on any atom is -0.488 e. The molecule has 3 aromatic carbocycles. The Morgan fingerprint density at radius 3 is 0.765 bits per heavy atom. The lowest BCUT2D eigenvalue weighted by Crippen LogP contribution is -2.22. The Labute approximate surface area is 208 Å². The Morgan fingerprint density at radius 1 is 0.382 bits per heavy atom. The first kappa shape index (κ1) is 26.0. The molecular weight excluding hydrogens is 440 g/mol. The van der Waals surface area contributed by atoms with Crippen LogP contribution in [0.2, 0.25) is 0 Å². The zero-order chi connectivity index (χ0) is 25.1. The van der Waals surface area contributed by atoms with E-state index in [9.17, 15) is 0 Å². The summed E-state index contributed by atoms with van der Waals surface area (Å²) in [5.41, 5.74) is -0.673. The topological polar surface area (TPSA) is 27.7 Å². The average Bonchev–Trinajstić information content (AvgIpc) is 2.69. The average molecular weight is 481 g/mol. The molecule has 0 aliphatic carbocycles. The highest BCUT2D eigenvalue weighted by Gasteiger charge is 2.18. The summed E-state index contributed by atoms with van der Waals surface area (Å²) in [6.07, 6.45) is 0. The highest BCUT2D eigenvalue weighted by molar-refractivity contribution is 8.17. The van der Waals surface area contributed by atoms with E-state index >= 15 is 0 Å². The van der Waals surface area contributed by atoms with E-state index in [1.807, 2.05) is 0 Å². The molecular formula is C30H40O3S. The number of ether oxygens (including phenoxy) is 3. The van der Waals surface area contributed by atoms with Gasteiger partial charge in [-0.25, -0.2) is 0 Å². The molecule has 0 fully saturated rings. The minimum absolute atomic E-state index is 0.224. The van der Waals surface area contributed by atoms with Crippen LogP contribution in [0.3, 0.4) is 0 Å². The van der Waals surface area contributed by atoms with Crippen LogP contribution in [0.15, 0.2) is 87.5 Å². The molecule has 0 saturated carbocycles. The van der Waals surface area contributed by atoms with Crippen molar-refractivity contribution in [3.63, 3.8) is 0 Å². The fourth-order valence-electron chi connectivity index (χ4n) is 3.50. The van der Waals surface area contributed by atoms with Crippen molar-refractivity contribution < 1.29 is 14.2 Å². The molecule has 0 saturated heterocycles. The summed E-state index contributed by atoms with van der Waals surface area (Å²) in [6, 6.07) is 25.6. The lowest BCUT2D eigenvalue weighted by molar-refractivity contribution is 0.130. The lowest BCUT2D eigenvalue weighted by atomic mass is 10.2. The second-order valence-corrected chi connectivity index (χ2v) is 13.7. The van der Waals surface area contributed by atoms with Gasteiger partial charge in [0, 0.05) is 0 Å². The van der Waals surface area contributed by atoms with Crippen LogP contribution < -0.4 is 14.2 Å². The van der Waals surface area contributed by atoms with Crippen LogP contribution in [0, 0.1) is 0 Å². The largest absolute Gasteiger partial charge is 0.488 e. The molecule has 0 amide bonds. The van der Waals surface area contributed by atoms with E-state index in [0.717, 1.165) is 17.2 Å². The van der Waals surface area contributed by atoms with Crippen LogP contribution in [0.4, 0.5) is 0 Å². The summed E-state index contributed by atoms with van der Waals surface area (Å²) in [7, 11) is -0.749. The highest BCUT2D eigenvalue weighted by Crippen LogP contribution is 2.52. The second kappa shape index (κ2) is 9.95. The molecule has 3 rings (SSSR count). The van der Waals surface area contributed by atoms with Gasteiger partial charge < -0.3 is 14.2 Å². The third-order valence-corrected chi connectivity index (χ3v) is 7.00. The molecule has 0 N–H and O–H groups in total. The van der Waals surface area contributed by atoms with Crippen LogP contribution in [0.5, 0.6) is 17.2 Å². The molecule has 4 heteroatoms. The van der Waals surface area contributed by atoms with Gasteiger partial charge in [0.2, 0.25) is 0 Å². The van der Waals surface area contributed by atoms with Crippen molar-refractivity contribution in [1.29, 1.82) is 0 Å². The first-order valence-corrected chi connectivity index (χ1v) is 13.2. The van der Waals surface area contributed by atoms with Crippen LogP contribution >= 0.6 is 10.9 Å². The molecule has 3 nitrogen and oxygen atoms in total. The molecule has 0 aromatic heterocycles. The van der Waals surface area contributed by atoms with E-state index in [4.69, 9.17) is 14.2 Å². The molecule has 3 aromatic rings. The summed E-state index contributed by atoms with van der Waals surface area (Å²) < 4.78 is 18.1. The van der Waals surface area contributed by atoms with E-state index in [2.05, 4.69) is 135 Å². The van der Waals surface area contributed by atoms with Gasteiger partial charge in [-0.1, -0.05) is 0 Å². The Morgan fingerprint density at radius 2 is 0.588 bits per heavy atom. The van der Waals surface area contributed by atoms with Gasteiger partial charge in [-0.05, 0) is 150 Å². The summed E-state index contributed by atoms with van der Waals surface area (Å²) in [6.45, 7) is 18.6. The monoisotopic (exact) mass is 480 g/mol. The third-order valence-electron chi connectivity index (χ3n) is 4.56. The molecule has 184 valence electrons. The van der Waals surface area contributed by atoms with Gasteiger partial charge in [-0.3, -0.25) is 0 Å². The van der Waals surface area contributed by atoms with Gasteiger partial charge in [0.1, 0.15) is 34.1 Å². The van der Waals surface area contributed by atoms with Crippen LogP contribution in [0.25, 0.3) is 0 Å². The van der Waals surface area contributed by atoms with Crippen molar-refractivity contribution in [2.45, 2.75) is 93.8 Å². The zero-order valence-corrected chi connectivity index (χ0v) is 23.0. The Hall–Kier alpha value is -2.59. The first-order valence-electron chi connectivity index (χ1n) is 11.9. The molecule has 0 radical (unpaired) electrons. The van der Waals surface area contributed by atoms with E-state index < -0.39 is 10.9 Å². The summed E-state index contributed by atoms with van der Waals surface area (Å²) >= 11 is 0.